The maximum atomic E-state index is 10.9. The summed E-state index contributed by atoms with van der Waals surface area (Å²) in [6.45, 7) is 14.7. The third-order valence-corrected chi connectivity index (χ3v) is 3.28. The van der Waals surface area contributed by atoms with Crippen molar-refractivity contribution >= 4 is 6.41 Å². The van der Waals surface area contributed by atoms with Gasteiger partial charge in [0.1, 0.15) is 0 Å². The summed E-state index contributed by atoms with van der Waals surface area (Å²) in [6, 6.07) is 0. The van der Waals surface area contributed by atoms with Crippen LogP contribution in [0.2, 0.25) is 0 Å². The first-order chi connectivity index (χ1) is 6.76. The Hall–Kier alpha value is -0.530. The third kappa shape index (κ3) is 5.81. The van der Waals surface area contributed by atoms with Crippen molar-refractivity contribution in [2.24, 2.45) is 10.8 Å². The zero-order valence-corrected chi connectivity index (χ0v) is 11.2. The van der Waals surface area contributed by atoms with Gasteiger partial charge in [0.2, 0.25) is 0 Å². The van der Waals surface area contributed by atoms with Gasteiger partial charge in [0.15, 0.2) is 0 Å². The fraction of sp³-hybridized carbons (Fsp3) is 0.923. The summed E-state index contributed by atoms with van der Waals surface area (Å²) in [5.74, 6) is 0. The summed E-state index contributed by atoms with van der Waals surface area (Å²) >= 11 is 0. The van der Waals surface area contributed by atoms with Gasteiger partial charge in [-0.2, -0.15) is 0 Å². The first kappa shape index (κ1) is 14.5. The van der Waals surface area contributed by atoms with Crippen LogP contribution in [-0.2, 0) is 4.79 Å². The minimum Gasteiger partial charge on any atom is -0.333 e. The van der Waals surface area contributed by atoms with Crippen LogP contribution >= 0.6 is 0 Å². The molecule has 0 aromatic heterocycles. The van der Waals surface area contributed by atoms with Crippen molar-refractivity contribution in [2.75, 3.05) is 13.1 Å². The third-order valence-electron chi connectivity index (χ3n) is 3.28. The Labute approximate surface area is 95.0 Å². The van der Waals surface area contributed by atoms with E-state index in [1.807, 2.05) is 0 Å². The van der Waals surface area contributed by atoms with E-state index in [1.165, 1.54) is 0 Å². The molecule has 89 valence electrons. The van der Waals surface area contributed by atoms with Crippen molar-refractivity contribution in [1.29, 1.82) is 0 Å². The number of amides is 1. The molecule has 0 aliphatic carbocycles. The molecule has 2 heteroatoms. The topological polar surface area (TPSA) is 20.3 Å². The molecule has 1 radical (unpaired) electrons. The minimum atomic E-state index is 0.196. The van der Waals surface area contributed by atoms with Gasteiger partial charge in [0, 0.05) is 13.1 Å². The van der Waals surface area contributed by atoms with Crippen molar-refractivity contribution in [2.45, 2.75) is 54.4 Å². The molecule has 0 aliphatic heterocycles. The van der Waals surface area contributed by atoms with Gasteiger partial charge < -0.3 is 4.90 Å². The van der Waals surface area contributed by atoms with Crippen LogP contribution in [0.15, 0.2) is 0 Å². The van der Waals surface area contributed by atoms with E-state index in [1.54, 1.807) is 4.90 Å². The van der Waals surface area contributed by atoms with Crippen LogP contribution < -0.4 is 0 Å². The van der Waals surface area contributed by atoms with Crippen molar-refractivity contribution in [3.05, 3.63) is 0 Å². The molecule has 0 saturated carbocycles. The van der Waals surface area contributed by atoms with Gasteiger partial charge in [-0.15, -0.1) is 0 Å². The van der Waals surface area contributed by atoms with E-state index >= 15 is 0 Å². The second-order valence-corrected chi connectivity index (χ2v) is 5.98. The van der Waals surface area contributed by atoms with E-state index in [2.05, 4.69) is 48.0 Å². The number of hydrogen-bond acceptors (Lipinski definition) is 1. The van der Waals surface area contributed by atoms with Crippen molar-refractivity contribution in [3.63, 3.8) is 0 Å². The molecule has 1 amide bonds. The summed E-state index contributed by atoms with van der Waals surface area (Å²) in [6.07, 6.45) is 4.23. The van der Waals surface area contributed by atoms with E-state index in [9.17, 15) is 4.79 Å². The lowest BCUT2D eigenvalue weighted by Crippen LogP contribution is -2.39. The molecule has 0 unspecified atom stereocenters. The van der Waals surface area contributed by atoms with Gasteiger partial charge in [0.25, 0.3) is 0 Å². The van der Waals surface area contributed by atoms with Gasteiger partial charge in [-0.25, -0.2) is 0 Å². The van der Waals surface area contributed by atoms with Gasteiger partial charge in [-0.3, -0.25) is 4.79 Å². The fourth-order valence-corrected chi connectivity index (χ4v) is 1.38. The largest absolute Gasteiger partial charge is 0.333 e. The molecule has 15 heavy (non-hydrogen) atoms. The molecule has 0 bridgehead atoms. The molecule has 0 N–H and O–H groups in total. The molecule has 0 atom stereocenters. The summed E-state index contributed by atoms with van der Waals surface area (Å²) < 4.78 is 0. The zero-order valence-electron chi connectivity index (χ0n) is 11.2. The highest BCUT2D eigenvalue weighted by Gasteiger charge is 2.24. The molecular formula is C13H26NO. The highest BCUT2D eigenvalue weighted by atomic mass is 16.1. The van der Waals surface area contributed by atoms with Crippen molar-refractivity contribution in [3.8, 4) is 0 Å². The second kappa shape index (κ2) is 5.53. The van der Waals surface area contributed by atoms with Gasteiger partial charge in [-0.05, 0) is 23.7 Å². The monoisotopic (exact) mass is 212 g/mol. The lowest BCUT2D eigenvalue weighted by Gasteiger charge is -2.34. The van der Waals surface area contributed by atoms with Crippen molar-refractivity contribution in [1.82, 2.24) is 4.90 Å². The number of nitrogens with zero attached hydrogens (tertiary/aromatic N) is 1. The molecule has 0 spiro atoms. The Kier molecular flexibility index (Phi) is 5.33. The fourth-order valence-electron chi connectivity index (χ4n) is 1.38. The Morgan fingerprint density at radius 1 is 0.933 bits per heavy atom. The average Bonchev–Trinajstić information content (AvgIpc) is 2.16. The molecular weight excluding hydrogens is 186 g/mol. The molecule has 0 aliphatic rings. The van der Waals surface area contributed by atoms with Crippen LogP contribution in [0.4, 0.5) is 0 Å². The lowest BCUT2D eigenvalue weighted by atomic mass is 9.86. The number of carbonyl (C=O) groups excluding carboxylic acids is 1. The summed E-state index contributed by atoms with van der Waals surface area (Å²) in [4.78, 5) is 12.7. The predicted molar refractivity (Wildman–Crippen MR) is 65.4 cm³/mol. The highest BCUT2D eigenvalue weighted by Crippen LogP contribution is 2.25. The molecule has 2 nitrogen and oxygen atoms in total. The quantitative estimate of drug-likeness (QED) is 0.593. The normalized spacial score (nSPS) is 12.7. The molecule has 0 fully saturated rings. The second-order valence-electron chi connectivity index (χ2n) is 5.98. The Balaban J connectivity index is 4.33. The number of rotatable bonds is 7. The minimum absolute atomic E-state index is 0.196. The maximum Gasteiger partial charge on any atom is 0.312 e. The zero-order chi connectivity index (χ0) is 12.1. The first-order valence-electron chi connectivity index (χ1n) is 5.89. The van der Waals surface area contributed by atoms with Crippen molar-refractivity contribution < 1.29 is 4.79 Å². The summed E-state index contributed by atoms with van der Waals surface area (Å²) in [5.41, 5.74) is 0.391. The average molecular weight is 212 g/mol. The Morgan fingerprint density at radius 2 is 1.27 bits per heavy atom. The smallest absolute Gasteiger partial charge is 0.312 e. The van der Waals surface area contributed by atoms with E-state index in [4.69, 9.17) is 0 Å². The van der Waals surface area contributed by atoms with Crippen LogP contribution in [0, 0.1) is 10.8 Å². The molecule has 0 aromatic carbocycles. The Morgan fingerprint density at radius 3 is 1.47 bits per heavy atom. The molecule has 0 saturated heterocycles. The highest BCUT2D eigenvalue weighted by molar-refractivity contribution is 5.48. The van der Waals surface area contributed by atoms with E-state index in [-0.39, 0.29) is 10.8 Å². The van der Waals surface area contributed by atoms with Gasteiger partial charge in [0.05, 0.1) is 0 Å². The van der Waals surface area contributed by atoms with Crippen LogP contribution in [0.5, 0.6) is 0 Å². The van der Waals surface area contributed by atoms with Crippen LogP contribution in [0.3, 0.4) is 0 Å². The van der Waals surface area contributed by atoms with E-state index in [0.29, 0.717) is 0 Å². The Bertz CT molecular complexity index is 179. The van der Waals surface area contributed by atoms with Gasteiger partial charge >= 0.3 is 6.41 Å². The van der Waals surface area contributed by atoms with E-state index < -0.39 is 0 Å². The van der Waals surface area contributed by atoms with Crippen LogP contribution in [0.25, 0.3) is 0 Å². The summed E-state index contributed by atoms with van der Waals surface area (Å²) in [7, 11) is 0. The number of hydrogen-bond donors (Lipinski definition) is 0. The van der Waals surface area contributed by atoms with E-state index in [0.717, 1.165) is 25.9 Å². The predicted octanol–water partition coefficient (Wildman–Crippen LogP) is 3.23. The van der Waals surface area contributed by atoms with Crippen LogP contribution in [-0.4, -0.2) is 24.4 Å². The standard InChI is InChI=1S/C13H26NO/c1-7-12(3,4)9-14(11-15)10-13(5,6)8-2/h7-10H2,1-6H3. The van der Waals surface area contributed by atoms with Crippen LogP contribution in [0.1, 0.15) is 54.4 Å². The molecule has 0 aromatic rings. The SMILES string of the molecule is CCC(C)(C)CN([C]=O)CC(C)(C)CC. The first-order valence-corrected chi connectivity index (χ1v) is 5.89. The summed E-state index contributed by atoms with van der Waals surface area (Å²) in [5, 5.41) is 0. The molecule has 0 rings (SSSR count). The lowest BCUT2D eigenvalue weighted by molar-refractivity contribution is 0.178. The van der Waals surface area contributed by atoms with Gasteiger partial charge in [-0.1, -0.05) is 41.5 Å². The molecule has 0 heterocycles. The maximum absolute atomic E-state index is 10.9.